The quantitative estimate of drug-likeness (QED) is 0.764. The van der Waals surface area contributed by atoms with E-state index < -0.39 is 0 Å². The van der Waals surface area contributed by atoms with E-state index in [1.165, 1.54) is 24.0 Å². The van der Waals surface area contributed by atoms with Gasteiger partial charge in [-0.25, -0.2) is 0 Å². The molecular formula is C22H27NO2. The minimum absolute atomic E-state index is 0.0113. The zero-order valence-electron chi connectivity index (χ0n) is 15.2. The molecule has 0 saturated carbocycles. The first-order chi connectivity index (χ1) is 12.2. The fourth-order valence-corrected chi connectivity index (χ4v) is 3.61. The first-order valence-corrected chi connectivity index (χ1v) is 9.25. The molecule has 2 aromatic carbocycles. The van der Waals surface area contributed by atoms with Crippen molar-refractivity contribution >= 4 is 5.91 Å². The molecule has 0 radical (unpaired) electrons. The lowest BCUT2D eigenvalue weighted by molar-refractivity contribution is 0.0938. The van der Waals surface area contributed by atoms with Gasteiger partial charge in [0.05, 0.1) is 7.11 Å². The van der Waals surface area contributed by atoms with Crippen molar-refractivity contribution < 1.29 is 9.53 Å². The number of carbonyl (C=O) groups is 1. The predicted molar refractivity (Wildman–Crippen MR) is 101 cm³/mol. The normalized spacial score (nSPS) is 13.5. The molecule has 0 unspecified atom stereocenters. The average molecular weight is 337 g/mol. The van der Waals surface area contributed by atoms with Crippen LogP contribution in [0.15, 0.2) is 42.5 Å². The summed E-state index contributed by atoms with van der Waals surface area (Å²) in [5.41, 5.74) is 4.55. The molecule has 0 aliphatic heterocycles. The SMILES string of the molecule is CCCCCc1cc(C(=O)NC2Cc3ccccc3C2)ccc1OC. The maximum absolute atomic E-state index is 12.7. The third-order valence-electron chi connectivity index (χ3n) is 4.98. The van der Waals surface area contributed by atoms with Crippen LogP contribution >= 0.6 is 0 Å². The number of carbonyl (C=O) groups excluding carboxylic acids is 1. The summed E-state index contributed by atoms with van der Waals surface area (Å²) in [5.74, 6) is 0.887. The highest BCUT2D eigenvalue weighted by atomic mass is 16.5. The molecule has 1 aliphatic carbocycles. The van der Waals surface area contributed by atoms with Crippen LogP contribution in [-0.2, 0) is 19.3 Å². The third-order valence-corrected chi connectivity index (χ3v) is 4.98. The van der Waals surface area contributed by atoms with Crippen molar-refractivity contribution in [3.63, 3.8) is 0 Å². The Morgan fingerprint density at radius 3 is 2.48 bits per heavy atom. The highest BCUT2D eigenvalue weighted by molar-refractivity contribution is 5.94. The Labute approximate surface area is 150 Å². The second-order valence-corrected chi connectivity index (χ2v) is 6.83. The van der Waals surface area contributed by atoms with Crippen molar-refractivity contribution in [1.29, 1.82) is 0 Å². The maximum atomic E-state index is 12.7. The lowest BCUT2D eigenvalue weighted by Crippen LogP contribution is -2.35. The summed E-state index contributed by atoms with van der Waals surface area (Å²) in [6.45, 7) is 2.20. The first kappa shape index (κ1) is 17.5. The summed E-state index contributed by atoms with van der Waals surface area (Å²) in [4.78, 5) is 12.7. The summed E-state index contributed by atoms with van der Waals surface area (Å²) < 4.78 is 5.45. The second kappa shape index (κ2) is 8.19. The van der Waals surface area contributed by atoms with E-state index in [1.54, 1.807) is 7.11 Å². The molecule has 1 aliphatic rings. The number of hydrogen-bond acceptors (Lipinski definition) is 2. The van der Waals surface area contributed by atoms with Crippen molar-refractivity contribution in [2.24, 2.45) is 0 Å². The molecule has 0 heterocycles. The fourth-order valence-electron chi connectivity index (χ4n) is 3.61. The summed E-state index contributed by atoms with van der Waals surface area (Å²) in [5, 5.41) is 3.19. The van der Waals surface area contributed by atoms with Crippen molar-refractivity contribution in [3.8, 4) is 5.75 Å². The van der Waals surface area contributed by atoms with Crippen LogP contribution in [0.4, 0.5) is 0 Å². The number of hydrogen-bond donors (Lipinski definition) is 1. The van der Waals surface area contributed by atoms with Gasteiger partial charge in [0.1, 0.15) is 5.75 Å². The minimum atomic E-state index is 0.0113. The summed E-state index contributed by atoms with van der Waals surface area (Å²) >= 11 is 0. The summed E-state index contributed by atoms with van der Waals surface area (Å²) in [7, 11) is 1.69. The Bertz CT molecular complexity index is 714. The monoisotopic (exact) mass is 337 g/mol. The number of fused-ring (bicyclic) bond motifs is 1. The van der Waals surface area contributed by atoms with E-state index >= 15 is 0 Å². The van der Waals surface area contributed by atoms with E-state index in [-0.39, 0.29) is 11.9 Å². The minimum Gasteiger partial charge on any atom is -0.496 e. The smallest absolute Gasteiger partial charge is 0.251 e. The Balaban J connectivity index is 1.67. The second-order valence-electron chi connectivity index (χ2n) is 6.83. The van der Waals surface area contributed by atoms with Crippen LogP contribution in [0.5, 0.6) is 5.75 Å². The molecule has 0 fully saturated rings. The topological polar surface area (TPSA) is 38.3 Å². The van der Waals surface area contributed by atoms with E-state index in [4.69, 9.17) is 4.74 Å². The van der Waals surface area contributed by atoms with Crippen LogP contribution in [0.3, 0.4) is 0 Å². The van der Waals surface area contributed by atoms with Crippen LogP contribution in [0.25, 0.3) is 0 Å². The molecule has 0 spiro atoms. The maximum Gasteiger partial charge on any atom is 0.251 e. The standard InChI is InChI=1S/C22H27NO2/c1-3-4-5-10-18-13-19(11-12-21(18)25-2)22(24)23-20-14-16-8-6-7-9-17(16)15-20/h6-9,11-13,20H,3-5,10,14-15H2,1-2H3,(H,23,24). The lowest BCUT2D eigenvalue weighted by Gasteiger charge is -2.14. The Morgan fingerprint density at radius 2 is 1.84 bits per heavy atom. The van der Waals surface area contributed by atoms with Gasteiger partial charge in [-0.2, -0.15) is 0 Å². The molecule has 1 N–H and O–H groups in total. The fraction of sp³-hybridized carbons (Fsp3) is 0.409. The van der Waals surface area contributed by atoms with E-state index in [2.05, 4.69) is 36.5 Å². The Morgan fingerprint density at radius 1 is 1.12 bits per heavy atom. The number of aryl methyl sites for hydroxylation is 1. The molecule has 3 heteroatoms. The predicted octanol–water partition coefficient (Wildman–Crippen LogP) is 4.33. The van der Waals surface area contributed by atoms with Crippen molar-refractivity contribution in [3.05, 3.63) is 64.7 Å². The molecule has 3 nitrogen and oxygen atoms in total. The van der Waals surface area contributed by atoms with Gasteiger partial charge in [-0.05, 0) is 60.6 Å². The van der Waals surface area contributed by atoms with Crippen molar-refractivity contribution in [2.75, 3.05) is 7.11 Å². The van der Waals surface area contributed by atoms with Gasteiger partial charge in [0.2, 0.25) is 0 Å². The molecule has 2 aromatic rings. The van der Waals surface area contributed by atoms with Crippen LogP contribution < -0.4 is 10.1 Å². The molecule has 25 heavy (non-hydrogen) atoms. The molecule has 0 bridgehead atoms. The summed E-state index contributed by atoms with van der Waals surface area (Å²) in [6.07, 6.45) is 6.29. The van der Waals surface area contributed by atoms with Gasteiger partial charge in [-0.1, -0.05) is 44.0 Å². The van der Waals surface area contributed by atoms with Gasteiger partial charge in [-0.15, -0.1) is 0 Å². The number of ether oxygens (including phenoxy) is 1. The zero-order valence-corrected chi connectivity index (χ0v) is 15.2. The van der Waals surface area contributed by atoms with Crippen molar-refractivity contribution in [2.45, 2.75) is 51.5 Å². The van der Waals surface area contributed by atoms with Crippen LogP contribution in [0.2, 0.25) is 0 Å². The molecule has 0 atom stereocenters. The number of methoxy groups -OCH3 is 1. The Kier molecular flexibility index (Phi) is 5.75. The third kappa shape index (κ3) is 4.22. The molecule has 132 valence electrons. The van der Waals surface area contributed by atoms with Crippen LogP contribution in [0, 0.1) is 0 Å². The van der Waals surface area contributed by atoms with E-state index in [0.717, 1.165) is 42.6 Å². The lowest BCUT2D eigenvalue weighted by atomic mass is 10.0. The van der Waals surface area contributed by atoms with Crippen molar-refractivity contribution in [1.82, 2.24) is 5.32 Å². The number of rotatable bonds is 7. The van der Waals surface area contributed by atoms with E-state index in [0.29, 0.717) is 0 Å². The molecule has 1 amide bonds. The zero-order chi connectivity index (χ0) is 17.6. The van der Waals surface area contributed by atoms with Crippen LogP contribution in [0.1, 0.15) is 53.2 Å². The Hall–Kier alpha value is -2.29. The molecular weight excluding hydrogens is 310 g/mol. The van der Waals surface area contributed by atoms with Gasteiger partial charge >= 0.3 is 0 Å². The molecule has 0 saturated heterocycles. The highest BCUT2D eigenvalue weighted by Gasteiger charge is 2.23. The molecule has 3 rings (SSSR count). The van der Waals surface area contributed by atoms with Gasteiger partial charge in [0.25, 0.3) is 5.91 Å². The highest BCUT2D eigenvalue weighted by Crippen LogP contribution is 2.24. The van der Waals surface area contributed by atoms with E-state index in [1.807, 2.05) is 18.2 Å². The van der Waals surface area contributed by atoms with Gasteiger partial charge in [-0.3, -0.25) is 4.79 Å². The van der Waals surface area contributed by atoms with Crippen LogP contribution in [-0.4, -0.2) is 19.1 Å². The number of nitrogens with one attached hydrogen (secondary N) is 1. The van der Waals surface area contributed by atoms with E-state index in [9.17, 15) is 4.79 Å². The molecule has 0 aromatic heterocycles. The number of benzene rings is 2. The van der Waals surface area contributed by atoms with Gasteiger partial charge < -0.3 is 10.1 Å². The van der Waals surface area contributed by atoms with Gasteiger partial charge in [0.15, 0.2) is 0 Å². The largest absolute Gasteiger partial charge is 0.496 e. The number of unbranched alkanes of at least 4 members (excludes halogenated alkanes) is 2. The number of amides is 1. The average Bonchev–Trinajstić information content (AvgIpc) is 3.04. The van der Waals surface area contributed by atoms with Gasteiger partial charge in [0, 0.05) is 11.6 Å². The summed E-state index contributed by atoms with van der Waals surface area (Å²) in [6, 6.07) is 14.4. The first-order valence-electron chi connectivity index (χ1n) is 9.25.